The maximum Gasteiger partial charge on any atom is 0.194 e. The van der Waals surface area contributed by atoms with Crippen LogP contribution in [0.4, 0.5) is 0 Å². The molecular weight excluding hydrogens is 459 g/mol. The number of morpholine rings is 1. The molecule has 0 saturated carbocycles. The molecule has 1 aromatic carbocycles. The van der Waals surface area contributed by atoms with E-state index in [2.05, 4.69) is 66.5 Å². The molecule has 0 radical (unpaired) electrons. The third-order valence-electron chi connectivity index (χ3n) is 4.45. The lowest BCUT2D eigenvalue weighted by molar-refractivity contribution is 0.0220. The van der Waals surface area contributed by atoms with Crippen molar-refractivity contribution < 1.29 is 4.74 Å². The Balaban J connectivity index is 0.00000338. The summed E-state index contributed by atoms with van der Waals surface area (Å²) in [7, 11) is 2.10. The van der Waals surface area contributed by atoms with Crippen molar-refractivity contribution in [3.8, 4) is 0 Å². The highest BCUT2D eigenvalue weighted by Crippen LogP contribution is 2.15. The number of nitrogens with one attached hydrogen (secondary N) is 1. The lowest BCUT2D eigenvalue weighted by Crippen LogP contribution is -2.44. The number of guanidine groups is 1. The number of hydrogen-bond acceptors (Lipinski definition) is 4. The SMILES string of the molecule is CCNC(=NCC(C)N1CCOCC1)N(C)Cc1ccc(SC)cc1.I. The lowest BCUT2D eigenvalue weighted by Gasteiger charge is -2.32. The van der Waals surface area contributed by atoms with Crippen LogP contribution in [0, 0.1) is 0 Å². The number of benzene rings is 1. The van der Waals surface area contributed by atoms with Crippen LogP contribution < -0.4 is 5.32 Å². The Morgan fingerprint density at radius 2 is 1.96 bits per heavy atom. The van der Waals surface area contributed by atoms with E-state index in [4.69, 9.17) is 9.73 Å². The molecule has 7 heteroatoms. The smallest absolute Gasteiger partial charge is 0.194 e. The summed E-state index contributed by atoms with van der Waals surface area (Å²) >= 11 is 1.77. The Labute approximate surface area is 180 Å². The van der Waals surface area contributed by atoms with Crippen LogP contribution in [0.3, 0.4) is 0 Å². The molecule has 0 aromatic heterocycles. The van der Waals surface area contributed by atoms with Crippen molar-refractivity contribution in [2.75, 3.05) is 52.7 Å². The summed E-state index contributed by atoms with van der Waals surface area (Å²) in [6, 6.07) is 9.19. The highest BCUT2D eigenvalue weighted by Gasteiger charge is 2.17. The van der Waals surface area contributed by atoms with Crippen LogP contribution in [0.25, 0.3) is 0 Å². The van der Waals surface area contributed by atoms with E-state index in [1.807, 2.05) is 0 Å². The normalized spacial score (nSPS) is 16.7. The van der Waals surface area contributed by atoms with Gasteiger partial charge in [-0.1, -0.05) is 12.1 Å². The number of aliphatic imine (C=N–C) groups is 1. The van der Waals surface area contributed by atoms with Gasteiger partial charge in [-0.3, -0.25) is 9.89 Å². The monoisotopic (exact) mass is 492 g/mol. The minimum Gasteiger partial charge on any atom is -0.379 e. The fourth-order valence-corrected chi connectivity index (χ4v) is 3.31. The number of nitrogens with zero attached hydrogens (tertiary/aromatic N) is 3. The molecule has 1 N–H and O–H groups in total. The van der Waals surface area contributed by atoms with Gasteiger partial charge in [-0.2, -0.15) is 0 Å². The minimum atomic E-state index is 0. The summed E-state index contributed by atoms with van der Waals surface area (Å²) in [5.41, 5.74) is 1.30. The topological polar surface area (TPSA) is 40.1 Å². The predicted octanol–water partition coefficient (Wildman–Crippen LogP) is 3.14. The number of thioether (sulfide) groups is 1. The molecule has 5 nitrogen and oxygen atoms in total. The van der Waals surface area contributed by atoms with E-state index in [-0.39, 0.29) is 24.0 Å². The largest absolute Gasteiger partial charge is 0.379 e. The molecule has 2 rings (SSSR count). The van der Waals surface area contributed by atoms with Gasteiger partial charge < -0.3 is 15.0 Å². The number of rotatable bonds is 7. The van der Waals surface area contributed by atoms with Gasteiger partial charge in [0.05, 0.1) is 19.8 Å². The highest BCUT2D eigenvalue weighted by atomic mass is 127. The number of ether oxygens (including phenoxy) is 1. The summed E-state index contributed by atoms with van der Waals surface area (Å²) in [6.07, 6.45) is 2.10. The average molecular weight is 492 g/mol. The molecule has 1 atom stereocenters. The van der Waals surface area contributed by atoms with Crippen molar-refractivity contribution in [3.63, 3.8) is 0 Å². The quantitative estimate of drug-likeness (QED) is 0.274. The molecule has 148 valence electrons. The van der Waals surface area contributed by atoms with Crippen LogP contribution in [-0.2, 0) is 11.3 Å². The van der Waals surface area contributed by atoms with Gasteiger partial charge >= 0.3 is 0 Å². The molecule has 1 heterocycles. The lowest BCUT2D eigenvalue weighted by atomic mass is 10.2. The first-order valence-corrected chi connectivity index (χ1v) is 10.3. The molecule has 1 fully saturated rings. The van der Waals surface area contributed by atoms with Crippen molar-refractivity contribution in [1.29, 1.82) is 0 Å². The zero-order chi connectivity index (χ0) is 18.1. The van der Waals surface area contributed by atoms with Gasteiger partial charge in [0, 0.05) is 44.2 Å². The molecule has 0 aliphatic carbocycles. The summed E-state index contributed by atoms with van der Waals surface area (Å²) < 4.78 is 5.44. The third-order valence-corrected chi connectivity index (χ3v) is 5.19. The summed E-state index contributed by atoms with van der Waals surface area (Å²) in [5, 5.41) is 3.41. The maximum absolute atomic E-state index is 5.44. The summed E-state index contributed by atoms with van der Waals surface area (Å²) in [4.78, 5) is 10.8. The standard InChI is InChI=1S/C19H32N4OS.HI/c1-5-20-19(21-14-16(2)23-10-12-24-13-11-23)22(3)15-17-6-8-18(25-4)9-7-17;/h6-9,16H,5,10-15H2,1-4H3,(H,20,21);1H. The molecule has 26 heavy (non-hydrogen) atoms. The summed E-state index contributed by atoms with van der Waals surface area (Å²) in [5.74, 6) is 0.969. The van der Waals surface area contributed by atoms with Crippen molar-refractivity contribution in [2.45, 2.75) is 31.3 Å². The Hall–Kier alpha value is -0.510. The third kappa shape index (κ3) is 7.62. The van der Waals surface area contributed by atoms with Gasteiger partial charge in [0.2, 0.25) is 0 Å². The predicted molar refractivity (Wildman–Crippen MR) is 123 cm³/mol. The molecule has 0 bridgehead atoms. The maximum atomic E-state index is 5.44. The van der Waals surface area contributed by atoms with Crippen LogP contribution in [0.1, 0.15) is 19.4 Å². The van der Waals surface area contributed by atoms with Crippen molar-refractivity contribution in [2.24, 2.45) is 4.99 Å². The van der Waals surface area contributed by atoms with Gasteiger partial charge in [0.25, 0.3) is 0 Å². The Kier molecular flexibility index (Phi) is 11.6. The molecule has 1 aliphatic rings. The van der Waals surface area contributed by atoms with E-state index in [9.17, 15) is 0 Å². The van der Waals surface area contributed by atoms with E-state index < -0.39 is 0 Å². The highest BCUT2D eigenvalue weighted by molar-refractivity contribution is 14.0. The molecule has 1 saturated heterocycles. The zero-order valence-electron chi connectivity index (χ0n) is 16.4. The van der Waals surface area contributed by atoms with E-state index in [0.29, 0.717) is 6.04 Å². The second kappa shape index (κ2) is 12.8. The second-order valence-electron chi connectivity index (χ2n) is 6.40. The zero-order valence-corrected chi connectivity index (χ0v) is 19.5. The fourth-order valence-electron chi connectivity index (χ4n) is 2.90. The van der Waals surface area contributed by atoms with Crippen LogP contribution >= 0.6 is 35.7 Å². The fraction of sp³-hybridized carbons (Fsp3) is 0.632. The Morgan fingerprint density at radius 1 is 1.31 bits per heavy atom. The Morgan fingerprint density at radius 3 is 2.54 bits per heavy atom. The van der Waals surface area contributed by atoms with E-state index >= 15 is 0 Å². The molecular formula is C19H33IN4OS. The molecule has 1 aromatic rings. The van der Waals surface area contributed by atoms with E-state index in [0.717, 1.165) is 51.9 Å². The van der Waals surface area contributed by atoms with Gasteiger partial charge in [-0.05, 0) is 37.8 Å². The van der Waals surface area contributed by atoms with Crippen LogP contribution in [-0.4, -0.2) is 74.5 Å². The molecule has 0 spiro atoms. The molecule has 1 aliphatic heterocycles. The second-order valence-corrected chi connectivity index (χ2v) is 7.28. The van der Waals surface area contributed by atoms with Crippen LogP contribution in [0.15, 0.2) is 34.2 Å². The number of hydrogen-bond donors (Lipinski definition) is 1. The van der Waals surface area contributed by atoms with Crippen LogP contribution in [0.2, 0.25) is 0 Å². The first kappa shape index (κ1) is 23.5. The van der Waals surface area contributed by atoms with Crippen molar-refractivity contribution in [1.82, 2.24) is 15.1 Å². The molecule has 0 amide bonds. The first-order chi connectivity index (χ1) is 12.1. The van der Waals surface area contributed by atoms with E-state index in [1.54, 1.807) is 11.8 Å². The van der Waals surface area contributed by atoms with Gasteiger partial charge in [-0.25, -0.2) is 0 Å². The minimum absolute atomic E-state index is 0. The summed E-state index contributed by atoms with van der Waals surface area (Å²) in [6.45, 7) is 10.6. The van der Waals surface area contributed by atoms with Crippen molar-refractivity contribution >= 4 is 41.7 Å². The van der Waals surface area contributed by atoms with Gasteiger partial charge in [0.15, 0.2) is 5.96 Å². The molecule has 1 unspecified atom stereocenters. The average Bonchev–Trinajstić information content (AvgIpc) is 2.66. The van der Waals surface area contributed by atoms with Gasteiger partial charge in [-0.15, -0.1) is 35.7 Å². The Bertz CT molecular complexity index is 535. The van der Waals surface area contributed by atoms with Gasteiger partial charge in [0.1, 0.15) is 0 Å². The first-order valence-electron chi connectivity index (χ1n) is 9.08. The van der Waals surface area contributed by atoms with Crippen molar-refractivity contribution in [3.05, 3.63) is 29.8 Å². The van der Waals surface area contributed by atoms with Crippen LogP contribution in [0.5, 0.6) is 0 Å². The van der Waals surface area contributed by atoms with E-state index in [1.165, 1.54) is 10.5 Å². The number of halogens is 1.